The first-order chi connectivity index (χ1) is 19.5. The lowest BCUT2D eigenvalue weighted by atomic mass is 9.92. The number of fused-ring (bicyclic) bond motifs is 1. The summed E-state index contributed by atoms with van der Waals surface area (Å²) in [6.45, 7) is 9.04. The number of imidazole rings is 1. The van der Waals surface area contributed by atoms with Crippen LogP contribution in [-0.4, -0.2) is 19.5 Å². The topological polar surface area (TPSA) is 43.6 Å². The molecular formula is C36H34N4. The van der Waals surface area contributed by atoms with Crippen molar-refractivity contribution in [2.45, 2.75) is 46.0 Å². The van der Waals surface area contributed by atoms with Crippen LogP contribution >= 0.6 is 0 Å². The summed E-state index contributed by atoms with van der Waals surface area (Å²) in [5.41, 5.74) is 9.05. The first kappa shape index (κ1) is 25.7. The molecule has 6 aromatic rings. The van der Waals surface area contributed by atoms with Crippen LogP contribution in [0.2, 0.25) is 0 Å². The van der Waals surface area contributed by atoms with Crippen molar-refractivity contribution in [2.75, 3.05) is 0 Å². The molecule has 4 nitrogen and oxygen atoms in total. The third-order valence-corrected chi connectivity index (χ3v) is 7.53. The van der Waals surface area contributed by atoms with Gasteiger partial charge in [0.05, 0.1) is 22.8 Å². The number of para-hydroxylation sites is 1. The lowest BCUT2D eigenvalue weighted by Gasteiger charge is -2.22. The first-order valence-corrected chi connectivity index (χ1v) is 14.1. The molecule has 0 N–H and O–H groups in total. The van der Waals surface area contributed by atoms with E-state index in [1.807, 2.05) is 30.6 Å². The quantitative estimate of drug-likeness (QED) is 0.210. The third-order valence-electron chi connectivity index (χ3n) is 7.53. The summed E-state index contributed by atoms with van der Waals surface area (Å²) in [7, 11) is 0. The average molecular weight is 523 g/mol. The summed E-state index contributed by atoms with van der Waals surface area (Å²) in [6.07, 6.45) is 6.55. The number of aromatic nitrogens is 4. The number of hydrogen-bond acceptors (Lipinski definition) is 3. The van der Waals surface area contributed by atoms with Crippen LogP contribution in [0.25, 0.3) is 39.2 Å². The fraction of sp³-hybridized carbons (Fsp3) is 0.194. The maximum Gasteiger partial charge on any atom is 0.144 e. The highest BCUT2D eigenvalue weighted by molar-refractivity contribution is 5.87. The van der Waals surface area contributed by atoms with Crippen LogP contribution in [0, 0.1) is 0 Å². The van der Waals surface area contributed by atoms with Gasteiger partial charge >= 0.3 is 0 Å². The predicted molar refractivity (Wildman–Crippen MR) is 165 cm³/mol. The highest BCUT2D eigenvalue weighted by Crippen LogP contribution is 2.34. The van der Waals surface area contributed by atoms with Gasteiger partial charge in [-0.3, -0.25) is 14.5 Å². The third kappa shape index (κ3) is 4.93. The van der Waals surface area contributed by atoms with Crippen molar-refractivity contribution in [3.8, 4) is 28.5 Å². The van der Waals surface area contributed by atoms with Crippen molar-refractivity contribution in [1.82, 2.24) is 19.5 Å². The Morgan fingerprint density at radius 1 is 0.675 bits per heavy atom. The van der Waals surface area contributed by atoms with Crippen molar-refractivity contribution in [2.24, 2.45) is 0 Å². The molecule has 0 fully saturated rings. The molecule has 6 rings (SSSR count). The zero-order valence-corrected chi connectivity index (χ0v) is 23.5. The maximum absolute atomic E-state index is 5.10. The number of pyridine rings is 2. The SMILES string of the molecule is CC(C)c1cccc(C(C)C)c1-n1ccnc1-c1cccc(Cc2nc(-c3ccccn3)cc3ccccc23)c1. The van der Waals surface area contributed by atoms with Gasteiger partial charge in [-0.05, 0) is 58.2 Å². The molecule has 3 heterocycles. The Morgan fingerprint density at radius 3 is 2.17 bits per heavy atom. The minimum atomic E-state index is 0.404. The van der Waals surface area contributed by atoms with Gasteiger partial charge in [0, 0.05) is 36.0 Å². The van der Waals surface area contributed by atoms with Gasteiger partial charge in [-0.1, -0.05) is 94.4 Å². The minimum Gasteiger partial charge on any atom is -0.299 e. The van der Waals surface area contributed by atoms with E-state index in [0.29, 0.717) is 11.8 Å². The van der Waals surface area contributed by atoms with Crippen molar-refractivity contribution in [1.29, 1.82) is 0 Å². The Hall–Kier alpha value is -4.57. The van der Waals surface area contributed by atoms with Gasteiger partial charge in [0.2, 0.25) is 0 Å². The second kappa shape index (κ2) is 10.9. The van der Waals surface area contributed by atoms with E-state index < -0.39 is 0 Å². The predicted octanol–water partition coefficient (Wildman–Crippen LogP) is 8.99. The second-order valence-corrected chi connectivity index (χ2v) is 11.0. The molecule has 0 saturated heterocycles. The van der Waals surface area contributed by atoms with E-state index >= 15 is 0 Å². The second-order valence-electron chi connectivity index (χ2n) is 11.0. The average Bonchev–Trinajstić information content (AvgIpc) is 3.47. The summed E-state index contributed by atoms with van der Waals surface area (Å²) in [5, 5.41) is 2.34. The summed E-state index contributed by atoms with van der Waals surface area (Å²) in [6, 6.07) is 32.0. The summed E-state index contributed by atoms with van der Waals surface area (Å²) in [4.78, 5) is 14.5. The van der Waals surface area contributed by atoms with Crippen LogP contribution < -0.4 is 0 Å². The zero-order valence-electron chi connectivity index (χ0n) is 23.5. The lowest BCUT2D eigenvalue weighted by molar-refractivity contribution is 0.806. The molecule has 3 aromatic carbocycles. The molecule has 0 aliphatic carbocycles. The monoisotopic (exact) mass is 522 g/mol. The Labute approximate surface area is 236 Å². The highest BCUT2D eigenvalue weighted by Gasteiger charge is 2.19. The lowest BCUT2D eigenvalue weighted by Crippen LogP contribution is -2.08. The standard InChI is InChI=1S/C36H34N4/c1-24(2)29-15-10-16-30(25(3)4)35(29)40-20-19-38-36(40)28-13-9-11-26(21-28)22-33-31-14-6-5-12-27(31)23-34(39-33)32-17-7-8-18-37-32/h5-21,23-25H,22H2,1-4H3. The Morgan fingerprint density at radius 2 is 1.43 bits per heavy atom. The van der Waals surface area contributed by atoms with E-state index in [1.165, 1.54) is 33.2 Å². The fourth-order valence-corrected chi connectivity index (χ4v) is 5.55. The molecule has 0 radical (unpaired) electrons. The van der Waals surface area contributed by atoms with Gasteiger partial charge in [0.25, 0.3) is 0 Å². The molecule has 198 valence electrons. The van der Waals surface area contributed by atoms with Gasteiger partial charge in [0.15, 0.2) is 0 Å². The molecule has 0 aliphatic heterocycles. The van der Waals surface area contributed by atoms with Crippen molar-refractivity contribution in [3.63, 3.8) is 0 Å². The van der Waals surface area contributed by atoms with Crippen LogP contribution in [0.3, 0.4) is 0 Å². The summed E-state index contributed by atoms with van der Waals surface area (Å²) < 4.78 is 2.28. The smallest absolute Gasteiger partial charge is 0.144 e. The molecule has 0 bridgehead atoms. The van der Waals surface area contributed by atoms with E-state index in [-0.39, 0.29) is 0 Å². The molecule has 40 heavy (non-hydrogen) atoms. The van der Waals surface area contributed by atoms with E-state index in [9.17, 15) is 0 Å². The van der Waals surface area contributed by atoms with Gasteiger partial charge in [0.1, 0.15) is 5.82 Å². The Kier molecular flexibility index (Phi) is 7.00. The molecule has 0 spiro atoms. The van der Waals surface area contributed by atoms with Gasteiger partial charge in [-0.2, -0.15) is 0 Å². The minimum absolute atomic E-state index is 0.404. The van der Waals surface area contributed by atoms with E-state index in [0.717, 1.165) is 34.9 Å². The molecule has 0 unspecified atom stereocenters. The molecule has 3 aromatic heterocycles. The molecule has 0 aliphatic rings. The molecular weight excluding hydrogens is 488 g/mol. The summed E-state index contributed by atoms with van der Waals surface area (Å²) >= 11 is 0. The number of benzene rings is 3. The number of rotatable bonds is 7. The van der Waals surface area contributed by atoms with Crippen LogP contribution in [0.5, 0.6) is 0 Å². The molecule has 0 amide bonds. The van der Waals surface area contributed by atoms with E-state index in [4.69, 9.17) is 9.97 Å². The fourth-order valence-electron chi connectivity index (χ4n) is 5.55. The molecule has 4 heteroatoms. The van der Waals surface area contributed by atoms with Crippen LogP contribution in [0.15, 0.2) is 110 Å². The van der Waals surface area contributed by atoms with E-state index in [2.05, 4.69) is 116 Å². The normalized spacial score (nSPS) is 11.6. The Balaban J connectivity index is 1.43. The van der Waals surface area contributed by atoms with Gasteiger partial charge in [-0.25, -0.2) is 4.98 Å². The van der Waals surface area contributed by atoms with Crippen LogP contribution in [-0.2, 0) is 6.42 Å². The largest absolute Gasteiger partial charge is 0.299 e. The number of nitrogens with zero attached hydrogens (tertiary/aromatic N) is 4. The highest BCUT2D eigenvalue weighted by atomic mass is 15.1. The first-order valence-electron chi connectivity index (χ1n) is 14.1. The molecule has 0 saturated carbocycles. The van der Waals surface area contributed by atoms with Crippen LogP contribution in [0.1, 0.15) is 61.9 Å². The van der Waals surface area contributed by atoms with Crippen molar-refractivity contribution >= 4 is 10.8 Å². The van der Waals surface area contributed by atoms with E-state index in [1.54, 1.807) is 0 Å². The number of hydrogen-bond donors (Lipinski definition) is 0. The molecule has 0 atom stereocenters. The van der Waals surface area contributed by atoms with Crippen molar-refractivity contribution in [3.05, 3.63) is 132 Å². The Bertz CT molecular complexity index is 1750. The maximum atomic E-state index is 5.10. The zero-order chi connectivity index (χ0) is 27.6. The van der Waals surface area contributed by atoms with Crippen LogP contribution in [0.4, 0.5) is 0 Å². The van der Waals surface area contributed by atoms with Gasteiger partial charge in [-0.15, -0.1) is 0 Å². The van der Waals surface area contributed by atoms with Crippen molar-refractivity contribution < 1.29 is 0 Å². The summed E-state index contributed by atoms with van der Waals surface area (Å²) in [5.74, 6) is 1.76. The van der Waals surface area contributed by atoms with Gasteiger partial charge < -0.3 is 0 Å².